The Bertz CT molecular complexity index is 963. The minimum atomic E-state index is -0.314. The summed E-state index contributed by atoms with van der Waals surface area (Å²) in [6, 6.07) is 18.1. The summed E-state index contributed by atoms with van der Waals surface area (Å²) < 4.78 is 30.6. The van der Waals surface area contributed by atoms with Gasteiger partial charge in [-0.25, -0.2) is 4.39 Å². The van der Waals surface area contributed by atoms with E-state index < -0.39 is 0 Å². The number of ether oxygens (including phenoxy) is 3. The molecule has 0 aliphatic rings. The number of rotatable bonds is 10. The van der Waals surface area contributed by atoms with Crippen molar-refractivity contribution < 1.29 is 18.6 Å². The van der Waals surface area contributed by atoms with Gasteiger partial charge in [-0.15, -0.1) is 0 Å². The Labute approximate surface area is 181 Å². The molecule has 0 amide bonds. The molecular weight excluding hydrogens is 405 g/mol. The van der Waals surface area contributed by atoms with Crippen LogP contribution in [0.5, 0.6) is 17.2 Å². The van der Waals surface area contributed by atoms with Gasteiger partial charge in [0, 0.05) is 18.7 Å². The van der Waals surface area contributed by atoms with Crippen molar-refractivity contribution in [3.8, 4) is 17.2 Å². The standard InChI is InChI=1S/C24H25ClFNO3/c1-3-29-23-13-18(15-27-14-17-8-10-20(28-2)11-9-17)12-21(25)24(23)30-16-19-6-4-5-7-22(19)26/h4-13,27H,3,14-16H2,1-2H3. The van der Waals surface area contributed by atoms with Gasteiger partial charge >= 0.3 is 0 Å². The molecule has 0 aliphatic heterocycles. The van der Waals surface area contributed by atoms with Crippen LogP contribution in [0.15, 0.2) is 60.7 Å². The van der Waals surface area contributed by atoms with Crippen LogP contribution in [0.4, 0.5) is 4.39 Å². The van der Waals surface area contributed by atoms with Crippen LogP contribution < -0.4 is 19.5 Å². The van der Waals surface area contributed by atoms with Crippen molar-refractivity contribution in [1.29, 1.82) is 0 Å². The average molecular weight is 430 g/mol. The Morgan fingerprint density at radius 3 is 2.37 bits per heavy atom. The quantitative estimate of drug-likeness (QED) is 0.445. The molecule has 0 spiro atoms. The van der Waals surface area contributed by atoms with E-state index in [4.69, 9.17) is 25.8 Å². The molecule has 0 radical (unpaired) electrons. The van der Waals surface area contributed by atoms with Crippen molar-refractivity contribution >= 4 is 11.6 Å². The van der Waals surface area contributed by atoms with Gasteiger partial charge in [0.15, 0.2) is 11.5 Å². The smallest absolute Gasteiger partial charge is 0.180 e. The number of halogens is 2. The topological polar surface area (TPSA) is 39.7 Å². The predicted molar refractivity (Wildman–Crippen MR) is 117 cm³/mol. The van der Waals surface area contributed by atoms with Crippen LogP contribution in [0.25, 0.3) is 0 Å². The summed E-state index contributed by atoms with van der Waals surface area (Å²) in [4.78, 5) is 0. The van der Waals surface area contributed by atoms with Crippen LogP contribution in [-0.2, 0) is 19.7 Å². The molecule has 0 aromatic heterocycles. The van der Waals surface area contributed by atoms with Crippen molar-refractivity contribution in [1.82, 2.24) is 5.32 Å². The van der Waals surface area contributed by atoms with Crippen LogP contribution in [0.2, 0.25) is 5.02 Å². The second kappa shape index (κ2) is 10.9. The minimum Gasteiger partial charge on any atom is -0.497 e. The first kappa shape index (κ1) is 21.9. The molecular formula is C24H25ClFNO3. The monoisotopic (exact) mass is 429 g/mol. The second-order valence-electron chi connectivity index (χ2n) is 6.67. The van der Waals surface area contributed by atoms with Crippen molar-refractivity contribution in [2.75, 3.05) is 13.7 Å². The molecule has 0 heterocycles. The summed E-state index contributed by atoms with van der Waals surface area (Å²) in [5.74, 6) is 1.48. The van der Waals surface area contributed by atoms with E-state index in [1.54, 1.807) is 25.3 Å². The van der Waals surface area contributed by atoms with Crippen molar-refractivity contribution in [3.05, 3.63) is 88.2 Å². The van der Waals surface area contributed by atoms with E-state index in [0.29, 0.717) is 41.8 Å². The molecule has 3 aromatic rings. The largest absolute Gasteiger partial charge is 0.497 e. The SMILES string of the molecule is CCOc1cc(CNCc2ccc(OC)cc2)cc(Cl)c1OCc1ccccc1F. The summed E-state index contributed by atoms with van der Waals surface area (Å²) in [5.41, 5.74) is 2.58. The third-order valence-electron chi connectivity index (χ3n) is 4.52. The normalized spacial score (nSPS) is 10.7. The van der Waals surface area contributed by atoms with Crippen LogP contribution in [-0.4, -0.2) is 13.7 Å². The van der Waals surface area contributed by atoms with E-state index in [1.807, 2.05) is 43.3 Å². The zero-order valence-electron chi connectivity index (χ0n) is 17.1. The minimum absolute atomic E-state index is 0.0710. The lowest BCUT2D eigenvalue weighted by Gasteiger charge is -2.16. The highest BCUT2D eigenvalue weighted by Crippen LogP contribution is 2.37. The summed E-state index contributed by atoms with van der Waals surface area (Å²) in [7, 11) is 1.65. The van der Waals surface area contributed by atoms with Gasteiger partial charge in [0.25, 0.3) is 0 Å². The van der Waals surface area contributed by atoms with Gasteiger partial charge in [0.05, 0.1) is 18.7 Å². The Hall–Kier alpha value is -2.76. The molecule has 30 heavy (non-hydrogen) atoms. The fraction of sp³-hybridized carbons (Fsp3) is 0.250. The highest BCUT2D eigenvalue weighted by molar-refractivity contribution is 6.32. The van der Waals surface area contributed by atoms with Crippen LogP contribution in [0, 0.1) is 5.82 Å². The fourth-order valence-electron chi connectivity index (χ4n) is 2.99. The van der Waals surface area contributed by atoms with Crippen molar-refractivity contribution in [2.45, 2.75) is 26.6 Å². The van der Waals surface area contributed by atoms with Crippen LogP contribution >= 0.6 is 11.6 Å². The first-order valence-corrected chi connectivity index (χ1v) is 10.1. The van der Waals surface area contributed by atoms with E-state index in [0.717, 1.165) is 16.9 Å². The van der Waals surface area contributed by atoms with E-state index in [-0.39, 0.29) is 12.4 Å². The predicted octanol–water partition coefficient (Wildman–Crippen LogP) is 5.76. The van der Waals surface area contributed by atoms with Gasteiger partial charge in [-0.05, 0) is 48.4 Å². The van der Waals surface area contributed by atoms with Crippen LogP contribution in [0.3, 0.4) is 0 Å². The molecule has 0 bridgehead atoms. The third-order valence-corrected chi connectivity index (χ3v) is 4.80. The molecule has 3 aromatic carbocycles. The fourth-order valence-corrected chi connectivity index (χ4v) is 3.27. The number of methoxy groups -OCH3 is 1. The molecule has 4 nitrogen and oxygen atoms in total. The highest BCUT2D eigenvalue weighted by Gasteiger charge is 2.14. The molecule has 6 heteroatoms. The lowest BCUT2D eigenvalue weighted by Crippen LogP contribution is -2.13. The Morgan fingerprint density at radius 1 is 0.933 bits per heavy atom. The van der Waals surface area contributed by atoms with E-state index in [1.165, 1.54) is 6.07 Å². The Morgan fingerprint density at radius 2 is 1.67 bits per heavy atom. The lowest BCUT2D eigenvalue weighted by molar-refractivity contribution is 0.266. The van der Waals surface area contributed by atoms with Crippen molar-refractivity contribution in [3.63, 3.8) is 0 Å². The molecule has 0 fully saturated rings. The number of hydrogen-bond donors (Lipinski definition) is 1. The van der Waals surface area contributed by atoms with E-state index >= 15 is 0 Å². The summed E-state index contributed by atoms with van der Waals surface area (Å²) in [5, 5.41) is 3.82. The summed E-state index contributed by atoms with van der Waals surface area (Å²) in [6.45, 7) is 3.75. The maximum Gasteiger partial charge on any atom is 0.180 e. The first-order valence-electron chi connectivity index (χ1n) is 9.75. The van der Waals surface area contributed by atoms with Gasteiger partial charge in [-0.2, -0.15) is 0 Å². The molecule has 0 saturated carbocycles. The first-order chi connectivity index (χ1) is 14.6. The zero-order valence-corrected chi connectivity index (χ0v) is 17.8. The van der Waals surface area contributed by atoms with Gasteiger partial charge in [0.1, 0.15) is 18.2 Å². The number of nitrogens with one attached hydrogen (secondary N) is 1. The molecule has 0 atom stereocenters. The molecule has 3 rings (SSSR count). The van der Waals surface area contributed by atoms with Gasteiger partial charge < -0.3 is 19.5 Å². The maximum atomic E-state index is 13.9. The Balaban J connectivity index is 1.66. The van der Waals surface area contributed by atoms with Gasteiger partial charge in [0.2, 0.25) is 0 Å². The lowest BCUT2D eigenvalue weighted by atomic mass is 10.1. The Kier molecular flexibility index (Phi) is 7.94. The van der Waals surface area contributed by atoms with Crippen LogP contribution in [0.1, 0.15) is 23.6 Å². The zero-order chi connectivity index (χ0) is 21.3. The number of hydrogen-bond acceptors (Lipinski definition) is 4. The molecule has 158 valence electrons. The summed E-state index contributed by atoms with van der Waals surface area (Å²) in [6.07, 6.45) is 0. The number of benzene rings is 3. The molecule has 1 N–H and O–H groups in total. The summed E-state index contributed by atoms with van der Waals surface area (Å²) >= 11 is 6.47. The van der Waals surface area contributed by atoms with Crippen molar-refractivity contribution in [2.24, 2.45) is 0 Å². The molecule has 0 saturated heterocycles. The van der Waals surface area contributed by atoms with E-state index in [2.05, 4.69) is 5.32 Å². The highest BCUT2D eigenvalue weighted by atomic mass is 35.5. The van der Waals surface area contributed by atoms with Gasteiger partial charge in [-0.3, -0.25) is 0 Å². The third kappa shape index (κ3) is 5.88. The molecule has 0 unspecified atom stereocenters. The molecule has 0 aliphatic carbocycles. The van der Waals surface area contributed by atoms with E-state index in [9.17, 15) is 4.39 Å². The average Bonchev–Trinajstić information content (AvgIpc) is 2.75. The van der Waals surface area contributed by atoms with Gasteiger partial charge in [-0.1, -0.05) is 41.9 Å². The maximum absolute atomic E-state index is 13.9. The second-order valence-corrected chi connectivity index (χ2v) is 7.08.